The molecule has 2 aliphatic rings. The van der Waals surface area contributed by atoms with E-state index in [4.69, 9.17) is 0 Å². The van der Waals surface area contributed by atoms with Gasteiger partial charge in [0, 0.05) is 15.3 Å². The van der Waals surface area contributed by atoms with Crippen molar-refractivity contribution in [3.63, 3.8) is 0 Å². The molecule has 2 atom stereocenters. The van der Waals surface area contributed by atoms with Gasteiger partial charge in [-0.05, 0) is 52.1 Å². The van der Waals surface area contributed by atoms with Gasteiger partial charge in [-0.1, -0.05) is 12.8 Å². The van der Waals surface area contributed by atoms with Crippen molar-refractivity contribution in [2.45, 2.75) is 32.2 Å². The second-order valence-corrected chi connectivity index (χ2v) is 6.90. The Labute approximate surface area is 114 Å². The van der Waals surface area contributed by atoms with Gasteiger partial charge in [-0.15, -0.1) is 11.3 Å². The van der Waals surface area contributed by atoms with Crippen LogP contribution < -0.4 is 5.32 Å². The average Bonchev–Trinajstić information content (AvgIpc) is 2.94. The number of carbonyl (C=O) groups excluding carboxylic acids is 1. The summed E-state index contributed by atoms with van der Waals surface area (Å²) in [4.78, 5) is 13.3. The average molecular weight is 314 g/mol. The van der Waals surface area contributed by atoms with E-state index in [2.05, 4.69) is 21.2 Å². The summed E-state index contributed by atoms with van der Waals surface area (Å²) in [5.41, 5.74) is 0. The monoisotopic (exact) mass is 313 g/mol. The molecule has 2 fully saturated rings. The summed E-state index contributed by atoms with van der Waals surface area (Å²) < 4.78 is 1.11. The van der Waals surface area contributed by atoms with Crippen LogP contribution in [0.3, 0.4) is 0 Å². The molecule has 1 aromatic rings. The lowest BCUT2D eigenvalue weighted by Gasteiger charge is -2.04. The van der Waals surface area contributed by atoms with E-state index in [1.54, 1.807) is 11.3 Å². The van der Waals surface area contributed by atoms with Crippen molar-refractivity contribution in [3.05, 3.63) is 20.8 Å². The van der Waals surface area contributed by atoms with Crippen LogP contribution >= 0.6 is 27.3 Å². The molecule has 0 saturated heterocycles. The number of amides is 1. The van der Waals surface area contributed by atoms with Crippen molar-refractivity contribution in [1.29, 1.82) is 0 Å². The first-order valence-electron chi connectivity index (χ1n) is 6.27. The van der Waals surface area contributed by atoms with Crippen molar-refractivity contribution in [2.24, 2.45) is 17.8 Å². The molecule has 3 rings (SSSR count). The van der Waals surface area contributed by atoms with Crippen LogP contribution in [0.4, 0.5) is 0 Å². The van der Waals surface area contributed by atoms with Crippen molar-refractivity contribution in [3.8, 4) is 0 Å². The number of nitrogens with one attached hydrogen (secondary N) is 1. The number of halogens is 1. The lowest BCUT2D eigenvalue weighted by atomic mass is 10.0. The molecule has 2 aliphatic carbocycles. The summed E-state index contributed by atoms with van der Waals surface area (Å²) in [6.45, 7) is 0.674. The van der Waals surface area contributed by atoms with Gasteiger partial charge in [-0.2, -0.15) is 0 Å². The Morgan fingerprint density at radius 1 is 1.41 bits per heavy atom. The fourth-order valence-corrected chi connectivity index (χ4v) is 4.55. The minimum Gasteiger partial charge on any atom is -0.351 e. The summed E-state index contributed by atoms with van der Waals surface area (Å²) in [6.07, 6.45) is 5.18. The highest BCUT2D eigenvalue weighted by atomic mass is 79.9. The Bertz CT molecular complexity index is 419. The van der Waals surface area contributed by atoms with E-state index in [1.165, 1.54) is 30.6 Å². The van der Waals surface area contributed by atoms with Crippen LogP contribution in [0.15, 0.2) is 15.9 Å². The van der Waals surface area contributed by atoms with Crippen LogP contribution in [-0.2, 0) is 11.3 Å². The van der Waals surface area contributed by atoms with E-state index in [9.17, 15) is 4.79 Å². The molecule has 2 nitrogen and oxygen atoms in total. The van der Waals surface area contributed by atoms with Gasteiger partial charge in [0.15, 0.2) is 0 Å². The molecule has 17 heavy (non-hydrogen) atoms. The first kappa shape index (κ1) is 11.7. The van der Waals surface area contributed by atoms with E-state index in [0.717, 1.165) is 4.47 Å². The minimum absolute atomic E-state index is 0.280. The van der Waals surface area contributed by atoms with Gasteiger partial charge in [0.25, 0.3) is 0 Å². The highest BCUT2D eigenvalue weighted by Crippen LogP contribution is 2.55. The van der Waals surface area contributed by atoms with Gasteiger partial charge in [-0.25, -0.2) is 0 Å². The predicted molar refractivity (Wildman–Crippen MR) is 72.8 cm³/mol. The zero-order chi connectivity index (χ0) is 11.8. The molecular weight excluding hydrogens is 298 g/mol. The third kappa shape index (κ3) is 2.29. The molecule has 1 heterocycles. The summed E-state index contributed by atoms with van der Waals surface area (Å²) in [5.74, 6) is 2.02. The van der Waals surface area contributed by atoms with Crippen molar-refractivity contribution >= 4 is 33.2 Å². The SMILES string of the molecule is O=C(NCc1sccc1Br)C1C2CCCCC21. The zero-order valence-corrected chi connectivity index (χ0v) is 12.0. The molecule has 0 aromatic carbocycles. The van der Waals surface area contributed by atoms with E-state index in [1.807, 2.05) is 11.4 Å². The van der Waals surface area contributed by atoms with Crippen molar-refractivity contribution < 1.29 is 4.79 Å². The van der Waals surface area contributed by atoms with Gasteiger partial charge in [0.05, 0.1) is 6.54 Å². The Kier molecular flexibility index (Phi) is 3.26. The van der Waals surface area contributed by atoms with Crippen LogP contribution in [0.2, 0.25) is 0 Å². The van der Waals surface area contributed by atoms with Crippen LogP contribution in [0, 0.1) is 17.8 Å². The quantitative estimate of drug-likeness (QED) is 0.908. The number of fused-ring (bicyclic) bond motifs is 1. The summed E-state index contributed by atoms with van der Waals surface area (Å²) in [6, 6.07) is 2.03. The highest BCUT2D eigenvalue weighted by molar-refractivity contribution is 9.10. The lowest BCUT2D eigenvalue weighted by Crippen LogP contribution is -2.25. The maximum atomic E-state index is 12.1. The maximum absolute atomic E-state index is 12.1. The highest BCUT2D eigenvalue weighted by Gasteiger charge is 2.54. The first-order chi connectivity index (χ1) is 8.27. The van der Waals surface area contributed by atoms with Crippen molar-refractivity contribution in [1.82, 2.24) is 5.32 Å². The fourth-order valence-electron chi connectivity index (χ4n) is 3.12. The molecule has 0 bridgehead atoms. The van der Waals surface area contributed by atoms with E-state index < -0.39 is 0 Å². The number of hydrogen-bond donors (Lipinski definition) is 1. The lowest BCUT2D eigenvalue weighted by molar-refractivity contribution is -0.123. The second-order valence-electron chi connectivity index (χ2n) is 5.05. The van der Waals surface area contributed by atoms with E-state index in [0.29, 0.717) is 24.3 Å². The third-order valence-corrected chi connectivity index (χ3v) is 6.00. The largest absolute Gasteiger partial charge is 0.351 e. The van der Waals surface area contributed by atoms with Crippen molar-refractivity contribution in [2.75, 3.05) is 0 Å². The Hall–Kier alpha value is -0.350. The van der Waals surface area contributed by atoms with Gasteiger partial charge in [0.1, 0.15) is 0 Å². The normalized spacial score (nSPS) is 30.8. The second kappa shape index (κ2) is 4.73. The third-order valence-electron chi connectivity index (χ3n) is 4.07. The molecule has 1 amide bonds. The number of rotatable bonds is 3. The first-order valence-corrected chi connectivity index (χ1v) is 7.94. The molecule has 1 N–H and O–H groups in total. The Morgan fingerprint density at radius 2 is 2.12 bits per heavy atom. The molecule has 0 radical (unpaired) electrons. The topological polar surface area (TPSA) is 29.1 Å². The molecule has 0 aliphatic heterocycles. The maximum Gasteiger partial charge on any atom is 0.223 e. The van der Waals surface area contributed by atoms with Gasteiger partial charge in [0.2, 0.25) is 5.91 Å². The molecule has 1 aromatic heterocycles. The summed E-state index contributed by atoms with van der Waals surface area (Å²) in [5, 5.41) is 5.13. The molecule has 2 unspecified atom stereocenters. The minimum atomic E-state index is 0.280. The smallest absolute Gasteiger partial charge is 0.223 e. The molecule has 0 spiro atoms. The van der Waals surface area contributed by atoms with Crippen LogP contribution in [-0.4, -0.2) is 5.91 Å². The number of thiophene rings is 1. The summed E-state index contributed by atoms with van der Waals surface area (Å²) >= 11 is 5.18. The number of carbonyl (C=O) groups is 1. The standard InChI is InChI=1S/C13H16BrNOS/c14-10-5-6-17-11(10)7-15-13(16)12-8-3-1-2-4-9(8)12/h5-6,8-9,12H,1-4,7H2,(H,15,16). The van der Waals surface area contributed by atoms with Gasteiger partial charge < -0.3 is 5.32 Å². The number of hydrogen-bond acceptors (Lipinski definition) is 2. The van der Waals surface area contributed by atoms with Gasteiger partial charge >= 0.3 is 0 Å². The molecule has 92 valence electrons. The zero-order valence-electron chi connectivity index (χ0n) is 9.62. The fraction of sp³-hybridized carbons (Fsp3) is 0.615. The van der Waals surface area contributed by atoms with Crippen LogP contribution in [0.5, 0.6) is 0 Å². The Balaban J connectivity index is 1.53. The molecule has 2 saturated carbocycles. The molecule has 4 heteroatoms. The van der Waals surface area contributed by atoms with Crippen LogP contribution in [0.1, 0.15) is 30.6 Å². The van der Waals surface area contributed by atoms with E-state index in [-0.39, 0.29) is 5.91 Å². The predicted octanol–water partition coefficient (Wildman–Crippen LogP) is 3.56. The van der Waals surface area contributed by atoms with Gasteiger partial charge in [-0.3, -0.25) is 4.79 Å². The van der Waals surface area contributed by atoms with E-state index >= 15 is 0 Å². The Morgan fingerprint density at radius 3 is 2.71 bits per heavy atom. The van der Waals surface area contributed by atoms with Crippen LogP contribution in [0.25, 0.3) is 0 Å². The molecular formula is C13H16BrNOS. The summed E-state index contributed by atoms with van der Waals surface area (Å²) in [7, 11) is 0.